The standard InChI is InChI=1S/C12H20N.C5H5.2C2H6O.Ti/c1-11(2,3)9-7-8-10(13-9)12(4,5)6;1-2-4-5-3-1;2*1-2-3;/h7-8H,1-6H3;1-3H,4H2;2*3H,2H2,1H3;/q2*-1;;;+2. The van der Waals surface area contributed by atoms with Crippen LogP contribution in [0.3, 0.4) is 0 Å². The molecule has 1 aromatic heterocycles. The SMILES string of the molecule is CC(C)(C)c1cc[c-](C(C)(C)C)n1.CCO.CCO.[C-]1=CC=CC1.[Ti+2]. The third-order valence-electron chi connectivity index (χ3n) is 2.76. The minimum Gasteiger partial charge on any atom is -0.397 e. The van der Waals surface area contributed by atoms with Gasteiger partial charge in [-0.05, 0) is 19.3 Å². The van der Waals surface area contributed by atoms with Crippen LogP contribution < -0.4 is 0 Å². The van der Waals surface area contributed by atoms with Gasteiger partial charge in [0.2, 0.25) is 0 Å². The van der Waals surface area contributed by atoms with E-state index in [0.717, 1.165) is 6.42 Å². The maximum Gasteiger partial charge on any atom is 2.00 e. The summed E-state index contributed by atoms with van der Waals surface area (Å²) < 4.78 is 0. The van der Waals surface area contributed by atoms with Gasteiger partial charge >= 0.3 is 21.7 Å². The van der Waals surface area contributed by atoms with E-state index in [1.165, 1.54) is 11.4 Å². The Balaban J connectivity index is -0.000000333. The van der Waals surface area contributed by atoms with Gasteiger partial charge in [0.15, 0.2) is 0 Å². The van der Waals surface area contributed by atoms with Crippen LogP contribution in [0.15, 0.2) is 30.4 Å². The molecule has 0 spiro atoms. The van der Waals surface area contributed by atoms with Crippen LogP contribution in [-0.4, -0.2) is 28.4 Å². The molecular weight excluding hydrogens is 346 g/mol. The number of hydrogen-bond donors (Lipinski definition) is 2. The predicted molar refractivity (Wildman–Crippen MR) is 104 cm³/mol. The van der Waals surface area contributed by atoms with Gasteiger partial charge in [-0.15, -0.1) is 12.1 Å². The first-order valence-corrected chi connectivity index (χ1v) is 8.62. The Kier molecular flexibility index (Phi) is 18.2. The van der Waals surface area contributed by atoms with Gasteiger partial charge in [0, 0.05) is 13.2 Å². The zero-order chi connectivity index (χ0) is 19.2. The van der Waals surface area contributed by atoms with Gasteiger partial charge < -0.3 is 15.2 Å². The van der Waals surface area contributed by atoms with Gasteiger partial charge in [0.1, 0.15) is 0 Å². The van der Waals surface area contributed by atoms with E-state index in [9.17, 15) is 0 Å². The zero-order valence-corrected chi connectivity index (χ0v) is 18.9. The van der Waals surface area contributed by atoms with Crippen LogP contribution in [-0.2, 0) is 32.5 Å². The number of aliphatic hydroxyl groups excluding tert-OH is 2. The van der Waals surface area contributed by atoms with Crippen molar-refractivity contribution in [2.24, 2.45) is 0 Å². The molecule has 4 heteroatoms. The summed E-state index contributed by atoms with van der Waals surface area (Å²) in [6, 6.07) is 4.28. The molecule has 0 aliphatic heterocycles. The van der Waals surface area contributed by atoms with E-state index in [0.29, 0.717) is 0 Å². The topological polar surface area (TPSA) is 53.4 Å². The average molecular weight is 383 g/mol. The van der Waals surface area contributed by atoms with Gasteiger partial charge in [0.25, 0.3) is 0 Å². The van der Waals surface area contributed by atoms with Crippen molar-refractivity contribution in [1.82, 2.24) is 4.98 Å². The Morgan fingerprint density at radius 3 is 1.72 bits per heavy atom. The summed E-state index contributed by atoms with van der Waals surface area (Å²) in [5.74, 6) is 0. The molecule has 3 nitrogen and oxygen atoms in total. The Bertz CT molecular complexity index is 422. The molecule has 1 aromatic rings. The molecule has 2 rings (SSSR count). The molecule has 0 radical (unpaired) electrons. The molecule has 0 amide bonds. The Morgan fingerprint density at radius 2 is 1.56 bits per heavy atom. The summed E-state index contributed by atoms with van der Waals surface area (Å²) in [4.78, 5) is 4.65. The van der Waals surface area contributed by atoms with Crippen LogP contribution in [0.5, 0.6) is 0 Å². The average Bonchev–Trinajstić information content (AvgIpc) is 3.14. The van der Waals surface area contributed by atoms with Gasteiger partial charge in [0.05, 0.1) is 0 Å². The Hall–Kier alpha value is -0.606. The van der Waals surface area contributed by atoms with Crippen molar-refractivity contribution >= 4 is 0 Å². The summed E-state index contributed by atoms with van der Waals surface area (Å²) in [5, 5.41) is 15.1. The smallest absolute Gasteiger partial charge is 0.397 e. The van der Waals surface area contributed by atoms with Gasteiger partial charge in [-0.2, -0.15) is 18.2 Å². The van der Waals surface area contributed by atoms with Crippen LogP contribution >= 0.6 is 0 Å². The first-order valence-electron chi connectivity index (χ1n) is 8.62. The van der Waals surface area contributed by atoms with Crippen molar-refractivity contribution in [2.45, 2.75) is 72.6 Å². The van der Waals surface area contributed by atoms with E-state index in [1.54, 1.807) is 13.8 Å². The largest absolute Gasteiger partial charge is 2.00 e. The van der Waals surface area contributed by atoms with E-state index in [1.807, 2.05) is 12.2 Å². The maximum absolute atomic E-state index is 7.57. The molecule has 0 saturated heterocycles. The van der Waals surface area contributed by atoms with Crippen LogP contribution in [0.25, 0.3) is 0 Å². The summed E-state index contributed by atoms with van der Waals surface area (Å²) in [7, 11) is 0. The third kappa shape index (κ3) is 16.6. The molecule has 0 unspecified atom stereocenters. The molecule has 1 heterocycles. The molecule has 1 aliphatic rings. The second-order valence-electron chi connectivity index (χ2n) is 7.35. The van der Waals surface area contributed by atoms with E-state index in [2.05, 4.69) is 70.8 Å². The van der Waals surface area contributed by atoms with Crippen LogP contribution in [0.1, 0.15) is 73.2 Å². The molecule has 0 aromatic carbocycles. The molecule has 1 aliphatic carbocycles. The monoisotopic (exact) mass is 383 g/mol. The Morgan fingerprint density at radius 1 is 1.08 bits per heavy atom. The fourth-order valence-electron chi connectivity index (χ4n) is 1.54. The molecule has 142 valence electrons. The first kappa shape index (κ1) is 29.2. The van der Waals surface area contributed by atoms with Crippen molar-refractivity contribution in [1.29, 1.82) is 0 Å². The molecule has 0 bridgehead atoms. The second-order valence-corrected chi connectivity index (χ2v) is 7.35. The molecule has 0 saturated carbocycles. The normalized spacial score (nSPS) is 11.9. The van der Waals surface area contributed by atoms with Gasteiger partial charge in [-0.25, -0.2) is 12.2 Å². The summed E-state index contributed by atoms with van der Waals surface area (Å²) in [5.41, 5.74) is 2.72. The first-order chi connectivity index (χ1) is 11.0. The number of rotatable bonds is 0. The summed E-state index contributed by atoms with van der Waals surface area (Å²) in [6.45, 7) is 17.0. The number of aromatic nitrogens is 1. The van der Waals surface area contributed by atoms with Crippen LogP contribution in [0.2, 0.25) is 0 Å². The van der Waals surface area contributed by atoms with E-state index < -0.39 is 0 Å². The number of nitrogens with zero attached hydrogens (tertiary/aromatic N) is 1. The minimum atomic E-state index is 0. The molecular formula is C21H37NO2Ti. The summed E-state index contributed by atoms with van der Waals surface area (Å²) >= 11 is 0. The van der Waals surface area contributed by atoms with Crippen molar-refractivity contribution < 1.29 is 31.9 Å². The van der Waals surface area contributed by atoms with Gasteiger partial charge in [-0.3, -0.25) is 6.08 Å². The fourth-order valence-corrected chi connectivity index (χ4v) is 1.54. The molecule has 0 atom stereocenters. The number of allylic oxidation sites excluding steroid dienone is 4. The van der Waals surface area contributed by atoms with Gasteiger partial charge in [-0.1, -0.05) is 52.7 Å². The molecule has 0 fully saturated rings. The molecule has 2 N–H and O–H groups in total. The minimum absolute atomic E-state index is 0. The van der Waals surface area contributed by atoms with Crippen molar-refractivity contribution in [3.63, 3.8) is 0 Å². The van der Waals surface area contributed by atoms with Crippen molar-refractivity contribution in [3.05, 3.63) is 47.8 Å². The fraction of sp³-hybridized carbons (Fsp3) is 0.619. The van der Waals surface area contributed by atoms with Crippen molar-refractivity contribution in [2.75, 3.05) is 13.2 Å². The maximum atomic E-state index is 7.57. The van der Waals surface area contributed by atoms with E-state index in [4.69, 9.17) is 10.2 Å². The number of hydrogen-bond acceptors (Lipinski definition) is 3. The summed E-state index contributed by atoms with van der Waals surface area (Å²) in [6.07, 6.45) is 10.0. The second kappa shape index (κ2) is 15.6. The van der Waals surface area contributed by atoms with Crippen LogP contribution in [0.4, 0.5) is 0 Å². The van der Waals surface area contributed by atoms with E-state index >= 15 is 0 Å². The number of aliphatic hydroxyl groups is 2. The third-order valence-corrected chi connectivity index (χ3v) is 2.76. The predicted octanol–water partition coefficient (Wildman–Crippen LogP) is 4.70. The quantitative estimate of drug-likeness (QED) is 0.505. The van der Waals surface area contributed by atoms with E-state index in [-0.39, 0.29) is 45.8 Å². The molecule has 25 heavy (non-hydrogen) atoms. The van der Waals surface area contributed by atoms with Crippen molar-refractivity contribution in [3.8, 4) is 0 Å². The Labute approximate surface area is 170 Å². The van der Waals surface area contributed by atoms with Crippen LogP contribution in [0, 0.1) is 6.08 Å². The zero-order valence-electron chi connectivity index (χ0n) is 17.3.